The molecule has 3 heteroatoms. The van der Waals surface area contributed by atoms with Crippen LogP contribution in [0.1, 0.15) is 18.1 Å². The van der Waals surface area contributed by atoms with Crippen molar-refractivity contribution in [3.63, 3.8) is 0 Å². The van der Waals surface area contributed by atoms with Crippen LogP contribution in [0.2, 0.25) is 0 Å². The van der Waals surface area contributed by atoms with E-state index in [0.717, 1.165) is 24.2 Å². The van der Waals surface area contributed by atoms with Crippen LogP contribution in [-0.4, -0.2) is 19.0 Å². The number of hydrogen-bond donors (Lipinski definition) is 2. The Balaban J connectivity index is 1.92. The van der Waals surface area contributed by atoms with Gasteiger partial charge in [-0.25, -0.2) is 0 Å². The van der Waals surface area contributed by atoms with Crippen molar-refractivity contribution in [1.29, 1.82) is 0 Å². The molecule has 1 aliphatic rings. The van der Waals surface area contributed by atoms with Crippen LogP contribution < -0.4 is 10.6 Å². The van der Waals surface area contributed by atoms with E-state index in [1.807, 2.05) is 19.1 Å². The summed E-state index contributed by atoms with van der Waals surface area (Å²) in [4.78, 5) is 11.8. The lowest BCUT2D eigenvalue weighted by atomic mass is 10.0. The average molecular weight is 230 g/mol. The number of aryl methyl sites for hydroxylation is 1. The Labute approximate surface area is 102 Å². The summed E-state index contributed by atoms with van der Waals surface area (Å²) >= 11 is 0. The van der Waals surface area contributed by atoms with Crippen molar-refractivity contribution in [2.24, 2.45) is 0 Å². The highest BCUT2D eigenvalue weighted by molar-refractivity contribution is 5.93. The molecule has 0 spiro atoms. The van der Waals surface area contributed by atoms with Crippen molar-refractivity contribution in [2.75, 3.05) is 13.1 Å². The Kier molecular flexibility index (Phi) is 3.59. The van der Waals surface area contributed by atoms with Gasteiger partial charge in [-0.3, -0.25) is 4.79 Å². The molecule has 1 aromatic carbocycles. The third kappa shape index (κ3) is 2.94. The van der Waals surface area contributed by atoms with Gasteiger partial charge >= 0.3 is 0 Å². The molecule has 90 valence electrons. The van der Waals surface area contributed by atoms with Crippen molar-refractivity contribution >= 4 is 5.91 Å². The van der Waals surface area contributed by atoms with E-state index in [2.05, 4.69) is 29.7 Å². The first-order valence-corrected chi connectivity index (χ1v) is 5.90. The molecule has 0 radical (unpaired) electrons. The molecular weight excluding hydrogens is 212 g/mol. The first-order chi connectivity index (χ1) is 8.16. The fourth-order valence-electron chi connectivity index (χ4n) is 1.81. The molecular formula is C14H18N2O. The number of hydrogen-bond acceptors (Lipinski definition) is 2. The molecule has 0 unspecified atom stereocenters. The van der Waals surface area contributed by atoms with Crippen LogP contribution in [0, 0.1) is 6.92 Å². The molecule has 0 saturated carbocycles. The molecule has 0 aromatic heterocycles. The monoisotopic (exact) mass is 230 g/mol. The lowest BCUT2D eigenvalue weighted by Gasteiger charge is -2.21. The van der Waals surface area contributed by atoms with Gasteiger partial charge in [0.15, 0.2) is 0 Å². The topological polar surface area (TPSA) is 41.1 Å². The third-order valence-corrected chi connectivity index (χ3v) is 3.08. The summed E-state index contributed by atoms with van der Waals surface area (Å²) in [5.41, 5.74) is 4.43. The lowest BCUT2D eigenvalue weighted by Crippen LogP contribution is -2.37. The molecule has 2 rings (SSSR count). The number of benzene rings is 1. The minimum absolute atomic E-state index is 0.0445. The molecule has 3 nitrogen and oxygen atoms in total. The van der Waals surface area contributed by atoms with Crippen molar-refractivity contribution in [3.8, 4) is 0 Å². The van der Waals surface area contributed by atoms with Gasteiger partial charge in [-0.05, 0) is 25.0 Å². The molecule has 0 atom stereocenters. The molecule has 2 N–H and O–H groups in total. The van der Waals surface area contributed by atoms with Crippen molar-refractivity contribution < 1.29 is 4.79 Å². The zero-order valence-corrected chi connectivity index (χ0v) is 10.3. The summed E-state index contributed by atoms with van der Waals surface area (Å²) in [7, 11) is 0. The van der Waals surface area contributed by atoms with E-state index in [1.54, 1.807) is 0 Å². The van der Waals surface area contributed by atoms with E-state index < -0.39 is 0 Å². The predicted molar refractivity (Wildman–Crippen MR) is 68.6 cm³/mol. The van der Waals surface area contributed by atoms with Gasteiger partial charge in [0.05, 0.1) is 0 Å². The van der Waals surface area contributed by atoms with Gasteiger partial charge in [0, 0.05) is 25.2 Å². The first kappa shape index (κ1) is 11.9. The van der Waals surface area contributed by atoms with Gasteiger partial charge in [0.2, 0.25) is 5.91 Å². The zero-order chi connectivity index (χ0) is 12.3. The molecule has 17 heavy (non-hydrogen) atoms. The van der Waals surface area contributed by atoms with E-state index in [-0.39, 0.29) is 5.91 Å². The maximum Gasteiger partial charge on any atom is 0.247 e. The highest BCUT2D eigenvalue weighted by Crippen LogP contribution is 2.09. The van der Waals surface area contributed by atoms with Gasteiger partial charge < -0.3 is 10.6 Å². The summed E-state index contributed by atoms with van der Waals surface area (Å²) in [6.45, 7) is 6.24. The maximum atomic E-state index is 11.8. The van der Waals surface area contributed by atoms with Crippen LogP contribution >= 0.6 is 0 Å². The Morgan fingerprint density at radius 3 is 2.76 bits per heavy atom. The normalized spacial score (nSPS) is 14.1. The first-order valence-electron chi connectivity index (χ1n) is 5.90. The number of carbonyl (C=O) groups is 1. The van der Waals surface area contributed by atoms with E-state index in [4.69, 9.17) is 0 Å². The minimum atomic E-state index is 0.0445. The Bertz CT molecular complexity index is 457. The Morgan fingerprint density at radius 1 is 1.41 bits per heavy atom. The number of rotatable bonds is 3. The van der Waals surface area contributed by atoms with Crippen LogP contribution in [0.25, 0.3) is 0 Å². The molecule has 0 bridgehead atoms. The largest absolute Gasteiger partial charge is 0.348 e. The zero-order valence-electron chi connectivity index (χ0n) is 10.3. The van der Waals surface area contributed by atoms with Gasteiger partial charge in [0.1, 0.15) is 0 Å². The molecule has 1 heterocycles. The molecule has 1 saturated heterocycles. The van der Waals surface area contributed by atoms with E-state index in [0.29, 0.717) is 6.54 Å². The summed E-state index contributed by atoms with van der Waals surface area (Å²) in [5.74, 6) is 0.0445. The molecule has 0 aliphatic carbocycles. The van der Waals surface area contributed by atoms with Crippen LogP contribution in [0.3, 0.4) is 0 Å². The SMILES string of the molecule is CC(C(=O)NCc1cccc(C)c1)=C1CNC1. The fraction of sp³-hybridized carbons (Fsp3) is 0.357. The predicted octanol–water partition coefficient (Wildman–Crippen LogP) is 1.53. The fourth-order valence-corrected chi connectivity index (χ4v) is 1.81. The Morgan fingerprint density at radius 2 is 2.18 bits per heavy atom. The van der Waals surface area contributed by atoms with E-state index in [9.17, 15) is 4.79 Å². The molecule has 1 aromatic rings. The van der Waals surface area contributed by atoms with Crippen LogP contribution in [0.15, 0.2) is 35.4 Å². The van der Waals surface area contributed by atoms with Crippen molar-refractivity contribution in [1.82, 2.24) is 10.6 Å². The highest BCUT2D eigenvalue weighted by atomic mass is 16.1. The van der Waals surface area contributed by atoms with Gasteiger partial charge in [0.25, 0.3) is 0 Å². The highest BCUT2D eigenvalue weighted by Gasteiger charge is 2.15. The van der Waals surface area contributed by atoms with Crippen molar-refractivity contribution in [3.05, 3.63) is 46.5 Å². The molecule has 1 fully saturated rings. The quantitative estimate of drug-likeness (QED) is 0.773. The standard InChI is InChI=1S/C14H18N2O/c1-10-4-3-5-12(6-10)7-16-14(17)11(2)13-8-15-9-13/h3-6,15H,7-9H2,1-2H3,(H,16,17). The summed E-state index contributed by atoms with van der Waals surface area (Å²) in [6.07, 6.45) is 0. The second-order valence-electron chi connectivity index (χ2n) is 4.50. The van der Waals surface area contributed by atoms with E-state index >= 15 is 0 Å². The molecule has 1 aliphatic heterocycles. The second-order valence-corrected chi connectivity index (χ2v) is 4.50. The van der Waals surface area contributed by atoms with Gasteiger partial charge in [-0.1, -0.05) is 29.8 Å². The van der Waals surface area contributed by atoms with Crippen LogP contribution in [0.4, 0.5) is 0 Å². The van der Waals surface area contributed by atoms with Gasteiger partial charge in [-0.15, -0.1) is 0 Å². The Hall–Kier alpha value is -1.61. The lowest BCUT2D eigenvalue weighted by molar-refractivity contribution is -0.117. The maximum absolute atomic E-state index is 11.8. The summed E-state index contributed by atoms with van der Waals surface area (Å²) in [6, 6.07) is 8.19. The molecule has 1 amide bonds. The van der Waals surface area contributed by atoms with Crippen molar-refractivity contribution in [2.45, 2.75) is 20.4 Å². The minimum Gasteiger partial charge on any atom is -0.348 e. The number of amides is 1. The average Bonchev–Trinajstić information content (AvgIpc) is 2.23. The second kappa shape index (κ2) is 5.15. The third-order valence-electron chi connectivity index (χ3n) is 3.08. The number of carbonyl (C=O) groups excluding carboxylic acids is 1. The van der Waals surface area contributed by atoms with Gasteiger partial charge in [-0.2, -0.15) is 0 Å². The van der Waals surface area contributed by atoms with Crippen LogP contribution in [0.5, 0.6) is 0 Å². The van der Waals surface area contributed by atoms with E-state index in [1.165, 1.54) is 11.1 Å². The summed E-state index contributed by atoms with van der Waals surface area (Å²) in [5, 5.41) is 6.09. The number of nitrogens with one attached hydrogen (secondary N) is 2. The van der Waals surface area contributed by atoms with Crippen LogP contribution in [-0.2, 0) is 11.3 Å². The summed E-state index contributed by atoms with van der Waals surface area (Å²) < 4.78 is 0. The smallest absolute Gasteiger partial charge is 0.247 e.